The Bertz CT molecular complexity index is 1590. The minimum absolute atomic E-state index is 0.0831. The lowest BCUT2D eigenvalue weighted by molar-refractivity contribution is -0.114. The summed E-state index contributed by atoms with van der Waals surface area (Å²) in [7, 11) is -3.88. The Labute approximate surface area is 219 Å². The molecule has 0 radical (unpaired) electrons. The Kier molecular flexibility index (Phi) is 6.68. The van der Waals surface area contributed by atoms with E-state index in [9.17, 15) is 13.2 Å². The molecule has 0 saturated heterocycles. The highest BCUT2D eigenvalue weighted by Crippen LogP contribution is 2.30. The van der Waals surface area contributed by atoms with Crippen LogP contribution >= 0.6 is 11.6 Å². The number of aromatic nitrogens is 2. The first-order valence-corrected chi connectivity index (χ1v) is 13.3. The van der Waals surface area contributed by atoms with Crippen LogP contribution < -0.4 is 20.7 Å². The molecule has 6 bridgehead atoms. The topological polar surface area (TPSA) is 125 Å². The molecule has 0 aliphatic carbocycles. The van der Waals surface area contributed by atoms with Crippen LogP contribution in [0.1, 0.15) is 18.1 Å². The second-order valence-electron chi connectivity index (χ2n) is 8.52. The van der Waals surface area contributed by atoms with Gasteiger partial charge in [-0.3, -0.25) is 9.52 Å². The van der Waals surface area contributed by atoms with Crippen LogP contribution in [0.4, 0.5) is 34.5 Å². The van der Waals surface area contributed by atoms with Crippen molar-refractivity contribution in [3.8, 4) is 0 Å². The molecule has 1 aliphatic heterocycles. The lowest BCUT2D eigenvalue weighted by Crippen LogP contribution is -2.15. The van der Waals surface area contributed by atoms with E-state index in [4.69, 9.17) is 11.6 Å². The summed E-state index contributed by atoms with van der Waals surface area (Å²) in [5, 5.41) is 9.38. The fourth-order valence-electron chi connectivity index (χ4n) is 3.97. The molecule has 11 heteroatoms. The van der Waals surface area contributed by atoms with Crippen molar-refractivity contribution in [1.82, 2.24) is 9.97 Å². The van der Waals surface area contributed by atoms with Gasteiger partial charge in [0.25, 0.3) is 10.0 Å². The van der Waals surface area contributed by atoms with Gasteiger partial charge in [-0.25, -0.2) is 13.4 Å². The SMILES string of the molecule is CC(=O)Nc1ccc(S(=O)(=O)Nc2ccc3cc2CCc2cccc(c2)Nc2ncc(Cl)c(n2)N3)cc1. The Balaban J connectivity index is 1.49. The van der Waals surface area contributed by atoms with E-state index >= 15 is 0 Å². The minimum atomic E-state index is -3.88. The molecule has 9 nitrogen and oxygen atoms in total. The highest BCUT2D eigenvalue weighted by atomic mass is 35.5. The predicted molar refractivity (Wildman–Crippen MR) is 145 cm³/mol. The first-order chi connectivity index (χ1) is 17.7. The molecule has 0 unspecified atom stereocenters. The number of sulfonamides is 1. The average Bonchev–Trinajstić information content (AvgIpc) is 2.86. The molecule has 2 heterocycles. The molecule has 5 rings (SSSR count). The molecule has 1 aliphatic rings. The number of fused-ring (bicyclic) bond motifs is 6. The van der Waals surface area contributed by atoms with E-state index in [1.165, 1.54) is 25.3 Å². The van der Waals surface area contributed by atoms with Gasteiger partial charge in [0, 0.05) is 24.0 Å². The van der Waals surface area contributed by atoms with E-state index in [-0.39, 0.29) is 10.8 Å². The maximum Gasteiger partial charge on any atom is 0.261 e. The van der Waals surface area contributed by atoms with E-state index < -0.39 is 10.0 Å². The van der Waals surface area contributed by atoms with Gasteiger partial charge in [-0.2, -0.15) is 4.98 Å². The van der Waals surface area contributed by atoms with Gasteiger partial charge in [-0.05, 0) is 78.6 Å². The lowest BCUT2D eigenvalue weighted by atomic mass is 10.0. The highest BCUT2D eigenvalue weighted by Gasteiger charge is 2.18. The number of hydrogen-bond acceptors (Lipinski definition) is 7. The van der Waals surface area contributed by atoms with Gasteiger partial charge in [0.05, 0.1) is 16.8 Å². The van der Waals surface area contributed by atoms with Crippen molar-refractivity contribution in [2.75, 3.05) is 20.7 Å². The number of rotatable bonds is 4. The quantitative estimate of drug-likeness (QED) is 0.273. The molecule has 4 aromatic rings. The lowest BCUT2D eigenvalue weighted by Gasteiger charge is -2.16. The normalized spacial score (nSPS) is 12.6. The first-order valence-electron chi connectivity index (χ1n) is 11.4. The summed E-state index contributed by atoms with van der Waals surface area (Å²) in [5.41, 5.74) is 4.39. The number of nitrogens with zero attached hydrogens (tertiary/aromatic N) is 2. The van der Waals surface area contributed by atoms with Crippen LogP contribution in [0.2, 0.25) is 5.02 Å². The number of halogens is 1. The molecule has 0 atom stereocenters. The molecule has 0 spiro atoms. The number of carbonyl (C=O) groups excluding carboxylic acids is 1. The molecule has 1 amide bonds. The largest absolute Gasteiger partial charge is 0.339 e. The second-order valence-corrected chi connectivity index (χ2v) is 10.6. The fourth-order valence-corrected chi connectivity index (χ4v) is 5.21. The van der Waals surface area contributed by atoms with Crippen LogP contribution in [0.15, 0.2) is 77.8 Å². The van der Waals surface area contributed by atoms with Crippen LogP contribution in [-0.2, 0) is 27.7 Å². The zero-order valence-corrected chi connectivity index (χ0v) is 21.3. The molecule has 1 aromatic heterocycles. The van der Waals surface area contributed by atoms with Crippen molar-refractivity contribution >= 4 is 62.0 Å². The van der Waals surface area contributed by atoms with E-state index in [2.05, 4.69) is 30.6 Å². The number of aryl methyl sites for hydroxylation is 2. The summed E-state index contributed by atoms with van der Waals surface area (Å²) in [6.45, 7) is 1.39. The van der Waals surface area contributed by atoms with Crippen LogP contribution in [0.5, 0.6) is 0 Å². The summed E-state index contributed by atoms with van der Waals surface area (Å²) in [6, 6.07) is 19.2. The Morgan fingerprint density at radius 2 is 1.76 bits per heavy atom. The second kappa shape index (κ2) is 10.1. The third-order valence-electron chi connectivity index (χ3n) is 5.71. The Morgan fingerprint density at radius 3 is 2.54 bits per heavy atom. The van der Waals surface area contributed by atoms with Crippen LogP contribution in [0, 0.1) is 0 Å². The molecule has 3 aromatic carbocycles. The zero-order chi connectivity index (χ0) is 26.0. The highest BCUT2D eigenvalue weighted by molar-refractivity contribution is 7.92. The average molecular weight is 535 g/mol. The summed E-state index contributed by atoms with van der Waals surface area (Å²) >= 11 is 6.33. The van der Waals surface area contributed by atoms with Crippen molar-refractivity contribution in [2.45, 2.75) is 24.7 Å². The van der Waals surface area contributed by atoms with Crippen molar-refractivity contribution in [2.24, 2.45) is 0 Å². The molecule has 4 N–H and O–H groups in total. The molecular weight excluding hydrogens is 512 g/mol. The Hall–Kier alpha value is -4.15. The number of carbonyl (C=O) groups is 1. The van der Waals surface area contributed by atoms with Crippen molar-refractivity contribution in [3.05, 3.63) is 89.1 Å². The van der Waals surface area contributed by atoms with Crippen LogP contribution in [0.3, 0.4) is 0 Å². The molecule has 37 heavy (non-hydrogen) atoms. The van der Waals surface area contributed by atoms with Gasteiger partial charge < -0.3 is 16.0 Å². The van der Waals surface area contributed by atoms with Gasteiger partial charge in [-0.1, -0.05) is 23.7 Å². The molecule has 0 saturated carbocycles. The van der Waals surface area contributed by atoms with E-state index in [1.54, 1.807) is 24.3 Å². The Morgan fingerprint density at radius 1 is 0.973 bits per heavy atom. The number of amides is 1. The van der Waals surface area contributed by atoms with Crippen molar-refractivity contribution in [3.63, 3.8) is 0 Å². The van der Waals surface area contributed by atoms with Crippen molar-refractivity contribution in [1.29, 1.82) is 0 Å². The zero-order valence-electron chi connectivity index (χ0n) is 19.7. The number of nitrogens with one attached hydrogen (secondary N) is 4. The molecular formula is C26H23ClN6O3S. The molecule has 188 valence electrons. The summed E-state index contributed by atoms with van der Waals surface area (Å²) in [4.78, 5) is 20.1. The number of anilines is 6. The van der Waals surface area contributed by atoms with Crippen molar-refractivity contribution < 1.29 is 13.2 Å². The smallest absolute Gasteiger partial charge is 0.261 e. The summed E-state index contributed by atoms with van der Waals surface area (Å²) in [5.74, 6) is 0.591. The van der Waals surface area contributed by atoms with E-state index in [0.717, 1.165) is 16.8 Å². The van der Waals surface area contributed by atoms with Gasteiger partial charge >= 0.3 is 0 Å². The number of hydrogen-bond donors (Lipinski definition) is 4. The van der Waals surface area contributed by atoms with E-state index in [0.29, 0.717) is 46.7 Å². The van der Waals surface area contributed by atoms with Gasteiger partial charge in [-0.15, -0.1) is 0 Å². The third kappa shape index (κ3) is 5.82. The standard InChI is InChI=1S/C26H23ClN6O3S/c1-16(34)29-19-7-10-22(11-8-19)37(35,36)33-24-12-9-21-14-18(24)6-5-17-3-2-4-20(13-17)31-26-28-15-23(27)25(30-21)32-26/h2-4,7-15,33H,5-6H2,1H3,(H,29,34)(H2,28,30,31,32). The fraction of sp³-hybridized carbons (Fsp3) is 0.115. The van der Waals surface area contributed by atoms with E-state index in [1.807, 2.05) is 30.3 Å². The predicted octanol–water partition coefficient (Wildman–Crippen LogP) is 5.48. The summed E-state index contributed by atoms with van der Waals surface area (Å²) < 4.78 is 29.1. The number of benzene rings is 3. The first kappa shape index (κ1) is 24.5. The third-order valence-corrected chi connectivity index (χ3v) is 7.37. The van der Waals surface area contributed by atoms with Gasteiger partial charge in [0.2, 0.25) is 11.9 Å². The van der Waals surface area contributed by atoms with Gasteiger partial charge in [0.1, 0.15) is 5.02 Å². The maximum absolute atomic E-state index is 13.2. The minimum Gasteiger partial charge on any atom is -0.339 e. The monoisotopic (exact) mass is 534 g/mol. The summed E-state index contributed by atoms with van der Waals surface area (Å²) in [6.07, 6.45) is 2.77. The van der Waals surface area contributed by atoms with Crippen LogP contribution in [0.25, 0.3) is 0 Å². The van der Waals surface area contributed by atoms with Gasteiger partial charge in [0.15, 0.2) is 5.82 Å². The maximum atomic E-state index is 13.2. The molecule has 0 fully saturated rings. The van der Waals surface area contributed by atoms with Crippen LogP contribution in [-0.4, -0.2) is 24.3 Å².